The Labute approximate surface area is 229 Å². The standard InChI is InChI=1S/C31H36N4O4/c1-18-15-24-20(3)39-31(4,5)25(24)17-21(18)16-23-13-14-26(38-23)28(36)34-27-19(2)32-30(35(6)29(27)37-7)33-22-11-9-8-10-12-22/h8-15,17,20,30,33H,16H2,1-7H3,(H,34,36). The summed E-state index contributed by atoms with van der Waals surface area (Å²) >= 11 is 0. The van der Waals surface area contributed by atoms with Crippen molar-refractivity contribution in [2.45, 2.75) is 59.0 Å². The number of carbonyl (C=O) groups excluding carboxylic acids is 1. The minimum absolute atomic E-state index is 0.0724. The Morgan fingerprint density at radius 2 is 1.87 bits per heavy atom. The molecule has 8 nitrogen and oxygen atoms in total. The number of carbonyl (C=O) groups is 1. The fourth-order valence-corrected chi connectivity index (χ4v) is 5.33. The van der Waals surface area contributed by atoms with Crippen LogP contribution in [-0.4, -0.2) is 37.0 Å². The number of hydrogen-bond donors (Lipinski definition) is 2. The smallest absolute Gasteiger partial charge is 0.291 e. The number of amides is 1. The maximum Gasteiger partial charge on any atom is 0.291 e. The number of aliphatic imine (C=N–C) groups is 1. The molecule has 0 spiro atoms. The molecule has 0 aliphatic carbocycles. The van der Waals surface area contributed by atoms with Crippen LogP contribution in [0.3, 0.4) is 0 Å². The minimum Gasteiger partial charge on any atom is -0.481 e. The molecule has 1 amide bonds. The second-order valence-corrected chi connectivity index (χ2v) is 10.6. The molecule has 0 saturated heterocycles. The molecule has 1 aromatic heterocycles. The number of allylic oxidation sites excluding steroid dienone is 1. The molecule has 0 bridgehead atoms. The van der Waals surface area contributed by atoms with Gasteiger partial charge in [-0.3, -0.25) is 4.79 Å². The third-order valence-corrected chi connectivity index (χ3v) is 7.40. The van der Waals surface area contributed by atoms with E-state index in [1.165, 1.54) is 16.7 Å². The molecule has 204 valence electrons. The highest BCUT2D eigenvalue weighted by Crippen LogP contribution is 2.44. The predicted octanol–water partition coefficient (Wildman–Crippen LogP) is 5.85. The predicted molar refractivity (Wildman–Crippen MR) is 151 cm³/mol. The van der Waals surface area contributed by atoms with Crippen molar-refractivity contribution in [3.05, 3.63) is 100.0 Å². The van der Waals surface area contributed by atoms with E-state index in [2.05, 4.69) is 50.5 Å². The Balaban J connectivity index is 1.31. The summed E-state index contributed by atoms with van der Waals surface area (Å²) in [6.07, 6.45) is 0.272. The Bertz CT molecular complexity index is 1450. The summed E-state index contributed by atoms with van der Waals surface area (Å²) in [4.78, 5) is 19.8. The first-order chi connectivity index (χ1) is 18.6. The molecule has 39 heavy (non-hydrogen) atoms. The summed E-state index contributed by atoms with van der Waals surface area (Å²) in [6, 6.07) is 17.8. The second-order valence-electron chi connectivity index (χ2n) is 10.6. The number of hydrogen-bond acceptors (Lipinski definition) is 7. The lowest BCUT2D eigenvalue weighted by molar-refractivity contribution is -0.0435. The van der Waals surface area contributed by atoms with Crippen LogP contribution in [0.2, 0.25) is 0 Å². The third kappa shape index (κ3) is 5.16. The average molecular weight is 529 g/mol. The van der Waals surface area contributed by atoms with Gasteiger partial charge in [0.05, 0.1) is 24.5 Å². The Kier molecular flexibility index (Phi) is 6.99. The molecule has 2 N–H and O–H groups in total. The summed E-state index contributed by atoms with van der Waals surface area (Å²) in [7, 11) is 3.44. The SMILES string of the molecule is COC1=C(NC(=O)c2ccc(Cc3cc4c(cc3C)C(C)OC4(C)C)o2)C(C)=NC(Nc2ccccc2)N1C. The lowest BCUT2D eigenvalue weighted by atomic mass is 9.89. The molecule has 5 rings (SSSR count). The third-order valence-electron chi connectivity index (χ3n) is 7.40. The van der Waals surface area contributed by atoms with Gasteiger partial charge in [-0.25, -0.2) is 4.99 Å². The molecule has 8 heteroatoms. The van der Waals surface area contributed by atoms with E-state index in [0.29, 0.717) is 29.5 Å². The number of methoxy groups -OCH3 is 1. The van der Waals surface area contributed by atoms with E-state index in [1.54, 1.807) is 13.2 Å². The number of para-hydroxylation sites is 1. The van der Waals surface area contributed by atoms with E-state index in [9.17, 15) is 4.79 Å². The van der Waals surface area contributed by atoms with E-state index >= 15 is 0 Å². The number of benzene rings is 2. The molecule has 2 aromatic carbocycles. The molecule has 2 aliphatic heterocycles. The van der Waals surface area contributed by atoms with E-state index in [-0.39, 0.29) is 29.7 Å². The van der Waals surface area contributed by atoms with Crippen molar-refractivity contribution in [2.75, 3.05) is 19.5 Å². The molecule has 3 heterocycles. The number of ether oxygens (including phenoxy) is 2. The second kappa shape index (κ2) is 10.3. The topological polar surface area (TPSA) is 88.3 Å². The van der Waals surface area contributed by atoms with Crippen LogP contribution in [0, 0.1) is 6.92 Å². The normalized spacial score (nSPS) is 20.0. The van der Waals surface area contributed by atoms with E-state index in [1.807, 2.05) is 55.3 Å². The van der Waals surface area contributed by atoms with Gasteiger partial charge in [-0.1, -0.05) is 30.3 Å². The van der Waals surface area contributed by atoms with Gasteiger partial charge >= 0.3 is 0 Å². The largest absolute Gasteiger partial charge is 0.481 e. The van der Waals surface area contributed by atoms with Crippen molar-refractivity contribution in [1.29, 1.82) is 0 Å². The highest BCUT2D eigenvalue weighted by atomic mass is 16.5. The number of anilines is 1. The van der Waals surface area contributed by atoms with Gasteiger partial charge in [0.25, 0.3) is 5.91 Å². The fraction of sp³-hybridized carbons (Fsp3) is 0.355. The van der Waals surface area contributed by atoms with Gasteiger partial charge in [-0.05, 0) is 81.1 Å². The van der Waals surface area contributed by atoms with Gasteiger partial charge < -0.3 is 29.4 Å². The quantitative estimate of drug-likeness (QED) is 0.400. The van der Waals surface area contributed by atoms with E-state index in [4.69, 9.17) is 18.9 Å². The van der Waals surface area contributed by atoms with Crippen LogP contribution < -0.4 is 10.6 Å². The number of furan rings is 1. The van der Waals surface area contributed by atoms with Crippen LogP contribution in [0.15, 0.2) is 75.6 Å². The van der Waals surface area contributed by atoms with Gasteiger partial charge in [-0.2, -0.15) is 0 Å². The Morgan fingerprint density at radius 3 is 2.59 bits per heavy atom. The van der Waals surface area contributed by atoms with Crippen LogP contribution in [0.25, 0.3) is 0 Å². The monoisotopic (exact) mass is 528 g/mol. The highest BCUT2D eigenvalue weighted by Gasteiger charge is 2.36. The van der Waals surface area contributed by atoms with Gasteiger partial charge in [0.2, 0.25) is 5.88 Å². The first kappa shape index (κ1) is 26.6. The van der Waals surface area contributed by atoms with Crippen molar-refractivity contribution >= 4 is 17.3 Å². The number of nitrogens with one attached hydrogen (secondary N) is 2. The zero-order valence-electron chi connectivity index (χ0n) is 23.6. The first-order valence-corrected chi connectivity index (χ1v) is 13.2. The lowest BCUT2D eigenvalue weighted by Crippen LogP contribution is -2.44. The molecule has 2 aliphatic rings. The number of fused-ring (bicyclic) bond motifs is 1. The van der Waals surface area contributed by atoms with Gasteiger partial charge in [0.1, 0.15) is 11.5 Å². The summed E-state index contributed by atoms with van der Waals surface area (Å²) < 4.78 is 17.8. The summed E-state index contributed by atoms with van der Waals surface area (Å²) in [6.45, 7) is 10.2. The summed E-state index contributed by atoms with van der Waals surface area (Å²) in [5.41, 5.74) is 6.51. The van der Waals surface area contributed by atoms with Crippen molar-refractivity contribution in [1.82, 2.24) is 10.2 Å². The number of nitrogens with zero attached hydrogens (tertiary/aromatic N) is 2. The van der Waals surface area contributed by atoms with Crippen molar-refractivity contribution in [2.24, 2.45) is 4.99 Å². The van der Waals surface area contributed by atoms with Crippen LogP contribution >= 0.6 is 0 Å². The average Bonchev–Trinajstić information content (AvgIpc) is 3.45. The summed E-state index contributed by atoms with van der Waals surface area (Å²) in [5.74, 6) is 1.08. The molecular formula is C31H36N4O4. The number of rotatable bonds is 7. The first-order valence-electron chi connectivity index (χ1n) is 13.2. The summed E-state index contributed by atoms with van der Waals surface area (Å²) in [5, 5.41) is 6.31. The number of aryl methyl sites for hydroxylation is 1. The maximum atomic E-state index is 13.2. The van der Waals surface area contributed by atoms with E-state index in [0.717, 1.165) is 11.3 Å². The fourth-order valence-electron chi connectivity index (χ4n) is 5.33. The van der Waals surface area contributed by atoms with Crippen LogP contribution in [0.5, 0.6) is 0 Å². The molecule has 3 aromatic rings. The lowest BCUT2D eigenvalue weighted by Gasteiger charge is -2.34. The van der Waals surface area contributed by atoms with Gasteiger partial charge in [0, 0.05) is 19.2 Å². The van der Waals surface area contributed by atoms with Crippen LogP contribution in [0.4, 0.5) is 5.69 Å². The maximum absolute atomic E-state index is 13.2. The molecule has 0 saturated carbocycles. The molecule has 0 fully saturated rings. The molecule has 0 radical (unpaired) electrons. The van der Waals surface area contributed by atoms with Crippen molar-refractivity contribution in [3.8, 4) is 0 Å². The molecule has 2 unspecified atom stereocenters. The van der Waals surface area contributed by atoms with Crippen molar-refractivity contribution in [3.63, 3.8) is 0 Å². The zero-order chi connectivity index (χ0) is 27.9. The van der Waals surface area contributed by atoms with Gasteiger partial charge in [0.15, 0.2) is 12.0 Å². The van der Waals surface area contributed by atoms with Crippen LogP contribution in [-0.2, 0) is 21.5 Å². The molecule has 2 atom stereocenters. The molecular weight excluding hydrogens is 492 g/mol. The van der Waals surface area contributed by atoms with E-state index < -0.39 is 0 Å². The van der Waals surface area contributed by atoms with Crippen LogP contribution in [0.1, 0.15) is 72.4 Å². The zero-order valence-corrected chi connectivity index (χ0v) is 23.6. The minimum atomic E-state index is -0.382. The van der Waals surface area contributed by atoms with Gasteiger partial charge in [-0.15, -0.1) is 0 Å². The Hall–Kier alpha value is -4.04. The van der Waals surface area contributed by atoms with Crippen molar-refractivity contribution < 1.29 is 18.7 Å². The highest BCUT2D eigenvalue weighted by molar-refractivity contribution is 6.05. The Morgan fingerprint density at radius 1 is 1.13 bits per heavy atom.